The van der Waals surface area contributed by atoms with Crippen LogP contribution < -0.4 is 5.32 Å². The normalized spacial score (nSPS) is 23.7. The monoisotopic (exact) mass is 268 g/mol. The summed E-state index contributed by atoms with van der Waals surface area (Å²) in [6.07, 6.45) is 4.85. The summed E-state index contributed by atoms with van der Waals surface area (Å²) in [5.74, 6) is 0.500. The molecule has 0 aromatic carbocycles. The number of nitrogens with zero attached hydrogens (tertiary/aromatic N) is 1. The number of aromatic nitrogens is 1. The van der Waals surface area contributed by atoms with E-state index in [1.165, 1.54) is 37.0 Å². The third-order valence-electron chi connectivity index (χ3n) is 3.39. The van der Waals surface area contributed by atoms with Crippen molar-refractivity contribution in [3.8, 4) is 0 Å². The van der Waals surface area contributed by atoms with Crippen LogP contribution in [0.3, 0.4) is 0 Å². The lowest BCUT2D eigenvalue weighted by molar-refractivity contribution is 0.0521. The van der Waals surface area contributed by atoms with Crippen LogP contribution in [-0.4, -0.2) is 23.6 Å². The minimum Gasteiger partial charge on any atom is -0.461 e. The molecule has 0 unspecified atom stereocenters. The topological polar surface area (TPSA) is 51.2 Å². The molecule has 0 bridgehead atoms. The fraction of sp³-hybridized carbons (Fsp3) is 0.692. The second-order valence-electron chi connectivity index (χ2n) is 4.85. The molecule has 5 heteroatoms. The third kappa shape index (κ3) is 3.22. The number of hydrogen-bond acceptors (Lipinski definition) is 5. The van der Waals surface area contributed by atoms with Crippen LogP contribution in [0.5, 0.6) is 0 Å². The Kier molecular flexibility index (Phi) is 4.58. The molecule has 18 heavy (non-hydrogen) atoms. The molecule has 1 aromatic heterocycles. The molecule has 1 fully saturated rings. The fourth-order valence-electron chi connectivity index (χ4n) is 2.28. The Balaban J connectivity index is 1.97. The largest absolute Gasteiger partial charge is 0.461 e. The first-order chi connectivity index (χ1) is 8.70. The SMILES string of the molecule is CCOC(=O)c1ncsc1NC1CCC(C)CC1. The summed E-state index contributed by atoms with van der Waals surface area (Å²) in [5.41, 5.74) is 2.13. The van der Waals surface area contributed by atoms with Gasteiger partial charge in [-0.25, -0.2) is 9.78 Å². The van der Waals surface area contributed by atoms with Crippen molar-refractivity contribution in [1.82, 2.24) is 4.98 Å². The second kappa shape index (κ2) is 6.18. The summed E-state index contributed by atoms with van der Waals surface area (Å²) in [7, 11) is 0. The van der Waals surface area contributed by atoms with Crippen LogP contribution in [0.15, 0.2) is 5.51 Å². The maximum absolute atomic E-state index is 11.7. The molecule has 100 valence electrons. The van der Waals surface area contributed by atoms with Gasteiger partial charge in [0.1, 0.15) is 5.00 Å². The van der Waals surface area contributed by atoms with E-state index in [-0.39, 0.29) is 5.97 Å². The molecule has 1 heterocycles. The van der Waals surface area contributed by atoms with Crippen molar-refractivity contribution in [1.29, 1.82) is 0 Å². The maximum Gasteiger partial charge on any atom is 0.360 e. The number of carbonyl (C=O) groups is 1. The first-order valence-corrected chi connectivity index (χ1v) is 7.45. The number of rotatable bonds is 4. The van der Waals surface area contributed by atoms with E-state index in [0.29, 0.717) is 18.3 Å². The van der Waals surface area contributed by atoms with Gasteiger partial charge in [0.15, 0.2) is 5.69 Å². The lowest BCUT2D eigenvalue weighted by atomic mass is 9.87. The Morgan fingerprint density at radius 2 is 2.22 bits per heavy atom. The Morgan fingerprint density at radius 1 is 1.50 bits per heavy atom. The predicted octanol–water partition coefficient (Wildman–Crippen LogP) is 3.31. The molecule has 1 aliphatic carbocycles. The van der Waals surface area contributed by atoms with Gasteiger partial charge in [0, 0.05) is 6.04 Å². The Hall–Kier alpha value is -1.10. The number of nitrogens with one attached hydrogen (secondary N) is 1. The molecule has 1 N–H and O–H groups in total. The van der Waals surface area contributed by atoms with Crippen molar-refractivity contribution < 1.29 is 9.53 Å². The molecule has 1 aliphatic rings. The minimum absolute atomic E-state index is 0.328. The molecule has 2 rings (SSSR count). The number of hydrogen-bond donors (Lipinski definition) is 1. The number of thiazole rings is 1. The van der Waals surface area contributed by atoms with Gasteiger partial charge < -0.3 is 10.1 Å². The first-order valence-electron chi connectivity index (χ1n) is 6.57. The molecule has 4 nitrogen and oxygen atoms in total. The van der Waals surface area contributed by atoms with Crippen LogP contribution in [0.1, 0.15) is 50.0 Å². The van der Waals surface area contributed by atoms with Gasteiger partial charge in [0.05, 0.1) is 12.1 Å². The highest BCUT2D eigenvalue weighted by atomic mass is 32.1. The molecular formula is C13H20N2O2S. The molecule has 0 amide bonds. The number of ether oxygens (including phenoxy) is 1. The lowest BCUT2D eigenvalue weighted by Crippen LogP contribution is -2.25. The molecule has 0 spiro atoms. The van der Waals surface area contributed by atoms with Crippen LogP contribution in [-0.2, 0) is 4.74 Å². The molecular weight excluding hydrogens is 248 g/mol. The van der Waals surface area contributed by atoms with Crippen LogP contribution in [0.4, 0.5) is 5.00 Å². The maximum atomic E-state index is 11.7. The third-order valence-corrected chi connectivity index (χ3v) is 4.15. The van der Waals surface area contributed by atoms with Crippen molar-refractivity contribution in [2.24, 2.45) is 5.92 Å². The van der Waals surface area contributed by atoms with Gasteiger partial charge in [0.25, 0.3) is 0 Å². The standard InChI is InChI=1S/C13H20N2O2S/c1-3-17-13(16)11-12(18-8-14-11)15-10-6-4-9(2)5-7-10/h8-10,15H,3-7H2,1-2H3. The highest BCUT2D eigenvalue weighted by Gasteiger charge is 2.22. The van der Waals surface area contributed by atoms with Crippen LogP contribution >= 0.6 is 11.3 Å². The highest BCUT2D eigenvalue weighted by Crippen LogP contribution is 2.29. The average molecular weight is 268 g/mol. The molecule has 0 radical (unpaired) electrons. The average Bonchev–Trinajstić information content (AvgIpc) is 2.81. The van der Waals surface area contributed by atoms with E-state index >= 15 is 0 Å². The minimum atomic E-state index is -0.328. The molecule has 1 saturated carbocycles. The van der Waals surface area contributed by atoms with Crippen molar-refractivity contribution in [3.63, 3.8) is 0 Å². The number of anilines is 1. The summed E-state index contributed by atoms with van der Waals surface area (Å²) in [6.45, 7) is 4.49. The number of carbonyl (C=O) groups excluding carboxylic acids is 1. The Bertz CT molecular complexity index is 397. The zero-order valence-electron chi connectivity index (χ0n) is 10.9. The summed E-state index contributed by atoms with van der Waals surface area (Å²) in [5, 5.41) is 4.30. The summed E-state index contributed by atoms with van der Waals surface area (Å²) in [6, 6.07) is 0.467. The lowest BCUT2D eigenvalue weighted by Gasteiger charge is -2.27. The van der Waals surface area contributed by atoms with Gasteiger partial charge in [-0.15, -0.1) is 11.3 Å². The van der Waals surface area contributed by atoms with E-state index in [1.807, 2.05) is 0 Å². The number of esters is 1. The van der Waals surface area contributed by atoms with Gasteiger partial charge in [-0.3, -0.25) is 0 Å². The van der Waals surface area contributed by atoms with Crippen molar-refractivity contribution >= 4 is 22.3 Å². The van der Waals surface area contributed by atoms with Crippen molar-refractivity contribution in [3.05, 3.63) is 11.2 Å². The Labute approximate surface area is 112 Å². The van der Waals surface area contributed by atoms with E-state index in [4.69, 9.17) is 4.74 Å². The zero-order valence-corrected chi connectivity index (χ0v) is 11.8. The summed E-state index contributed by atoms with van der Waals surface area (Å²) >= 11 is 1.48. The van der Waals surface area contributed by atoms with Crippen LogP contribution in [0.2, 0.25) is 0 Å². The molecule has 0 atom stereocenters. The van der Waals surface area contributed by atoms with Gasteiger partial charge in [-0.1, -0.05) is 6.92 Å². The molecule has 1 aromatic rings. The zero-order chi connectivity index (χ0) is 13.0. The van der Waals surface area contributed by atoms with Gasteiger partial charge in [-0.2, -0.15) is 0 Å². The predicted molar refractivity (Wildman–Crippen MR) is 73.1 cm³/mol. The summed E-state index contributed by atoms with van der Waals surface area (Å²) < 4.78 is 5.00. The first kappa shape index (κ1) is 13.3. The van der Waals surface area contributed by atoms with E-state index in [1.54, 1.807) is 12.4 Å². The van der Waals surface area contributed by atoms with Gasteiger partial charge in [-0.05, 0) is 38.5 Å². The van der Waals surface area contributed by atoms with Crippen LogP contribution in [0, 0.1) is 5.92 Å². The van der Waals surface area contributed by atoms with Gasteiger partial charge in [0.2, 0.25) is 0 Å². The van der Waals surface area contributed by atoms with Gasteiger partial charge >= 0.3 is 5.97 Å². The van der Waals surface area contributed by atoms with E-state index < -0.39 is 0 Å². The second-order valence-corrected chi connectivity index (χ2v) is 5.71. The molecule has 0 aliphatic heterocycles. The van der Waals surface area contributed by atoms with Crippen molar-refractivity contribution in [2.45, 2.75) is 45.6 Å². The van der Waals surface area contributed by atoms with E-state index in [2.05, 4.69) is 17.2 Å². The fourth-order valence-corrected chi connectivity index (χ4v) is 3.03. The van der Waals surface area contributed by atoms with E-state index in [9.17, 15) is 4.79 Å². The van der Waals surface area contributed by atoms with E-state index in [0.717, 1.165) is 10.9 Å². The Morgan fingerprint density at radius 3 is 2.89 bits per heavy atom. The quantitative estimate of drug-likeness (QED) is 0.851. The molecule has 0 saturated heterocycles. The smallest absolute Gasteiger partial charge is 0.360 e. The van der Waals surface area contributed by atoms with Crippen LogP contribution in [0.25, 0.3) is 0 Å². The highest BCUT2D eigenvalue weighted by molar-refractivity contribution is 7.14. The van der Waals surface area contributed by atoms with Crippen molar-refractivity contribution in [2.75, 3.05) is 11.9 Å². The summed E-state index contributed by atoms with van der Waals surface area (Å²) in [4.78, 5) is 15.8.